The summed E-state index contributed by atoms with van der Waals surface area (Å²) in [6.45, 7) is 1.54. The second-order valence-corrected chi connectivity index (χ2v) is 9.27. The van der Waals surface area contributed by atoms with Crippen LogP contribution in [0.5, 0.6) is 5.75 Å². The molecule has 5 nitrogen and oxygen atoms in total. The molecule has 0 N–H and O–H groups in total. The molecule has 29 heavy (non-hydrogen) atoms. The Hall–Kier alpha value is -1.80. The lowest BCUT2D eigenvalue weighted by atomic mass is 10.3. The summed E-state index contributed by atoms with van der Waals surface area (Å²) in [5.74, 6) is 1.19. The van der Waals surface area contributed by atoms with Crippen LogP contribution in [-0.4, -0.2) is 55.8 Å². The largest absolute Gasteiger partial charge is 0.497 e. The summed E-state index contributed by atoms with van der Waals surface area (Å²) in [6.07, 6.45) is 0.879. The number of carbonyl (C=O) groups excluding carboxylic acids is 1. The van der Waals surface area contributed by atoms with E-state index in [1.54, 1.807) is 7.11 Å². The molecular formula is C21H24ClN3O2S2. The number of anilines is 1. The van der Waals surface area contributed by atoms with Crippen molar-refractivity contribution in [3.63, 3.8) is 0 Å². The molecule has 3 aromatic rings. The molecule has 1 heterocycles. The molecule has 0 aliphatic carbocycles. The Balaban J connectivity index is 1.77. The van der Waals surface area contributed by atoms with Gasteiger partial charge in [-0.15, -0.1) is 11.8 Å². The van der Waals surface area contributed by atoms with Gasteiger partial charge in [-0.2, -0.15) is 0 Å². The van der Waals surface area contributed by atoms with Crippen LogP contribution in [0.25, 0.3) is 10.2 Å². The minimum absolute atomic E-state index is 0.0507. The van der Waals surface area contributed by atoms with Gasteiger partial charge in [0, 0.05) is 16.5 Å². The highest BCUT2D eigenvalue weighted by Crippen LogP contribution is 2.32. The van der Waals surface area contributed by atoms with Crippen LogP contribution in [0, 0.1) is 0 Å². The van der Waals surface area contributed by atoms with Crippen molar-refractivity contribution in [3.8, 4) is 5.75 Å². The zero-order valence-electron chi connectivity index (χ0n) is 16.7. The molecule has 1 amide bonds. The first-order chi connectivity index (χ1) is 14.0. The van der Waals surface area contributed by atoms with Gasteiger partial charge < -0.3 is 9.64 Å². The van der Waals surface area contributed by atoms with Gasteiger partial charge in [-0.25, -0.2) is 4.98 Å². The smallest absolute Gasteiger partial charge is 0.239 e. The fraction of sp³-hybridized carbons (Fsp3) is 0.333. The SMILES string of the molecule is COc1ccc2nc(N(CCCN(C)C)C(=O)CSc3ccc(Cl)cc3)sc2c1. The van der Waals surface area contributed by atoms with Crippen LogP contribution in [0.1, 0.15) is 6.42 Å². The van der Waals surface area contributed by atoms with E-state index in [2.05, 4.69) is 4.90 Å². The third-order valence-electron chi connectivity index (χ3n) is 4.28. The summed E-state index contributed by atoms with van der Waals surface area (Å²) < 4.78 is 6.32. The van der Waals surface area contributed by atoms with Gasteiger partial charge in [0.1, 0.15) is 5.75 Å². The summed E-state index contributed by atoms with van der Waals surface area (Å²) in [4.78, 5) is 22.7. The fourth-order valence-corrected chi connectivity index (χ4v) is 4.70. The van der Waals surface area contributed by atoms with Gasteiger partial charge >= 0.3 is 0 Å². The summed E-state index contributed by atoms with van der Waals surface area (Å²) in [7, 11) is 5.72. The van der Waals surface area contributed by atoms with Gasteiger partial charge in [0.2, 0.25) is 5.91 Å². The van der Waals surface area contributed by atoms with Crippen molar-refractivity contribution in [2.45, 2.75) is 11.3 Å². The average Bonchev–Trinajstić information content (AvgIpc) is 3.13. The minimum Gasteiger partial charge on any atom is -0.497 e. The third-order valence-corrected chi connectivity index (χ3v) is 6.57. The number of thioether (sulfide) groups is 1. The molecule has 2 aromatic carbocycles. The molecule has 0 atom stereocenters. The van der Waals surface area contributed by atoms with Crippen molar-refractivity contribution in [2.24, 2.45) is 0 Å². The number of amides is 1. The Bertz CT molecular complexity index is 960. The first-order valence-electron chi connectivity index (χ1n) is 9.24. The molecule has 0 spiro atoms. The zero-order valence-corrected chi connectivity index (χ0v) is 19.1. The van der Waals surface area contributed by atoms with Crippen molar-refractivity contribution >= 4 is 56.0 Å². The molecule has 8 heteroatoms. The topological polar surface area (TPSA) is 45.7 Å². The molecule has 1 aromatic heterocycles. The van der Waals surface area contributed by atoms with Crippen molar-refractivity contribution in [3.05, 3.63) is 47.5 Å². The van der Waals surface area contributed by atoms with E-state index < -0.39 is 0 Å². The van der Waals surface area contributed by atoms with Crippen LogP contribution in [0.15, 0.2) is 47.4 Å². The zero-order chi connectivity index (χ0) is 20.8. The number of halogens is 1. The number of rotatable bonds is 9. The molecule has 3 rings (SSSR count). The maximum atomic E-state index is 13.1. The number of fused-ring (bicyclic) bond motifs is 1. The maximum absolute atomic E-state index is 13.1. The Kier molecular flexibility index (Phi) is 7.77. The van der Waals surface area contributed by atoms with E-state index in [-0.39, 0.29) is 5.91 Å². The van der Waals surface area contributed by atoms with Gasteiger partial charge in [0.15, 0.2) is 5.13 Å². The summed E-state index contributed by atoms with van der Waals surface area (Å²) in [5, 5.41) is 1.42. The van der Waals surface area contributed by atoms with Gasteiger partial charge in [-0.05, 0) is 69.5 Å². The Morgan fingerprint density at radius 2 is 1.93 bits per heavy atom. The second-order valence-electron chi connectivity index (χ2n) is 6.77. The fourth-order valence-electron chi connectivity index (χ4n) is 2.76. The lowest BCUT2D eigenvalue weighted by Crippen LogP contribution is -2.34. The van der Waals surface area contributed by atoms with Crippen molar-refractivity contribution < 1.29 is 9.53 Å². The van der Waals surface area contributed by atoms with E-state index in [9.17, 15) is 4.79 Å². The molecule has 0 saturated carbocycles. The predicted octanol–water partition coefficient (Wildman–Crippen LogP) is 5.04. The molecule has 0 saturated heterocycles. The van der Waals surface area contributed by atoms with E-state index in [0.717, 1.165) is 39.0 Å². The monoisotopic (exact) mass is 449 g/mol. The van der Waals surface area contributed by atoms with Crippen LogP contribution in [0.2, 0.25) is 5.02 Å². The van der Waals surface area contributed by atoms with E-state index in [1.807, 2.05) is 61.5 Å². The highest BCUT2D eigenvalue weighted by Gasteiger charge is 2.20. The first kappa shape index (κ1) is 21.9. The highest BCUT2D eigenvalue weighted by molar-refractivity contribution is 8.00. The number of aromatic nitrogens is 1. The predicted molar refractivity (Wildman–Crippen MR) is 124 cm³/mol. The molecule has 0 aliphatic rings. The quantitative estimate of drug-likeness (QED) is 0.428. The number of hydrogen-bond acceptors (Lipinski definition) is 6. The molecular weight excluding hydrogens is 426 g/mol. The number of carbonyl (C=O) groups is 1. The number of methoxy groups -OCH3 is 1. The van der Waals surface area contributed by atoms with Crippen LogP contribution < -0.4 is 9.64 Å². The van der Waals surface area contributed by atoms with Crippen molar-refractivity contribution in [1.29, 1.82) is 0 Å². The summed E-state index contributed by atoms with van der Waals surface area (Å²) in [5.41, 5.74) is 0.876. The van der Waals surface area contributed by atoms with Gasteiger partial charge in [-0.1, -0.05) is 22.9 Å². The van der Waals surface area contributed by atoms with Crippen LogP contribution in [0.4, 0.5) is 5.13 Å². The van der Waals surface area contributed by atoms with Crippen molar-refractivity contribution in [2.75, 3.05) is 44.9 Å². The standard InChI is InChI=1S/C21H24ClN3O2S2/c1-24(2)11-4-12-25(20(26)14-28-17-8-5-15(22)6-9-17)21-23-18-10-7-16(27-3)13-19(18)29-21/h5-10,13H,4,11-12,14H2,1-3H3. The molecule has 0 radical (unpaired) electrons. The maximum Gasteiger partial charge on any atom is 0.239 e. The molecule has 0 bridgehead atoms. The third kappa shape index (κ3) is 6.09. The average molecular weight is 450 g/mol. The number of nitrogens with zero attached hydrogens (tertiary/aromatic N) is 3. The normalized spacial score (nSPS) is 11.2. The lowest BCUT2D eigenvalue weighted by Gasteiger charge is -2.21. The first-order valence-corrected chi connectivity index (χ1v) is 11.4. The minimum atomic E-state index is 0.0507. The Morgan fingerprint density at radius 1 is 1.17 bits per heavy atom. The number of hydrogen-bond donors (Lipinski definition) is 0. The summed E-state index contributed by atoms with van der Waals surface area (Å²) in [6, 6.07) is 13.3. The van der Waals surface area contributed by atoms with Crippen LogP contribution in [-0.2, 0) is 4.79 Å². The van der Waals surface area contributed by atoms with E-state index in [1.165, 1.54) is 23.1 Å². The molecule has 0 fully saturated rings. The van der Waals surface area contributed by atoms with Gasteiger partial charge in [-0.3, -0.25) is 9.69 Å². The lowest BCUT2D eigenvalue weighted by molar-refractivity contribution is -0.116. The Morgan fingerprint density at radius 3 is 2.62 bits per heavy atom. The molecule has 154 valence electrons. The van der Waals surface area contributed by atoms with Gasteiger partial charge in [0.25, 0.3) is 0 Å². The summed E-state index contributed by atoms with van der Waals surface area (Å²) >= 11 is 8.97. The van der Waals surface area contributed by atoms with Gasteiger partial charge in [0.05, 0.1) is 23.1 Å². The van der Waals surface area contributed by atoms with E-state index in [0.29, 0.717) is 17.3 Å². The number of ether oxygens (including phenoxy) is 1. The van der Waals surface area contributed by atoms with E-state index >= 15 is 0 Å². The van der Waals surface area contributed by atoms with Crippen LogP contribution in [0.3, 0.4) is 0 Å². The molecule has 0 unspecified atom stereocenters. The van der Waals surface area contributed by atoms with E-state index in [4.69, 9.17) is 21.3 Å². The Labute approximate surface area is 184 Å². The molecule has 0 aliphatic heterocycles. The number of thiazole rings is 1. The second kappa shape index (κ2) is 10.3. The highest BCUT2D eigenvalue weighted by atomic mass is 35.5. The van der Waals surface area contributed by atoms with Crippen molar-refractivity contribution in [1.82, 2.24) is 9.88 Å². The number of benzene rings is 2. The van der Waals surface area contributed by atoms with Crippen LogP contribution >= 0.6 is 34.7 Å².